The zero-order chi connectivity index (χ0) is 20.8. The number of benzene rings is 2. The highest BCUT2D eigenvalue weighted by Gasteiger charge is 2.34. The first kappa shape index (κ1) is 21.2. The van der Waals surface area contributed by atoms with Crippen molar-refractivity contribution in [3.05, 3.63) is 59.4 Å². The van der Waals surface area contributed by atoms with Crippen molar-refractivity contribution in [2.24, 2.45) is 11.7 Å². The SMILES string of the molecule is CN.O=C(O)C1CC(=O)N(c2ccc(OCc3cc(F)c(F)c(F)c3)cc2)C1. The molecule has 6 nitrogen and oxygen atoms in total. The molecule has 3 N–H and O–H groups in total. The van der Waals surface area contributed by atoms with Crippen molar-refractivity contribution in [2.75, 3.05) is 18.5 Å². The van der Waals surface area contributed by atoms with Crippen LogP contribution in [0.2, 0.25) is 0 Å². The fraction of sp³-hybridized carbons (Fsp3) is 0.263. The Labute approximate surface area is 159 Å². The van der Waals surface area contributed by atoms with Crippen molar-refractivity contribution >= 4 is 17.6 Å². The van der Waals surface area contributed by atoms with Crippen molar-refractivity contribution in [1.82, 2.24) is 0 Å². The molecule has 0 aliphatic carbocycles. The molecule has 150 valence electrons. The maximum Gasteiger partial charge on any atom is 0.308 e. The Morgan fingerprint density at radius 1 is 1.18 bits per heavy atom. The van der Waals surface area contributed by atoms with E-state index in [0.29, 0.717) is 11.4 Å². The van der Waals surface area contributed by atoms with Crippen LogP contribution in [0.5, 0.6) is 5.75 Å². The van der Waals surface area contributed by atoms with Crippen molar-refractivity contribution < 1.29 is 32.6 Å². The molecule has 0 saturated carbocycles. The van der Waals surface area contributed by atoms with Crippen LogP contribution in [0.15, 0.2) is 36.4 Å². The van der Waals surface area contributed by atoms with Crippen LogP contribution in [0.4, 0.5) is 18.9 Å². The van der Waals surface area contributed by atoms with Gasteiger partial charge in [0, 0.05) is 18.7 Å². The number of hydrogen-bond acceptors (Lipinski definition) is 4. The minimum atomic E-state index is -1.53. The lowest BCUT2D eigenvalue weighted by molar-refractivity contribution is -0.141. The summed E-state index contributed by atoms with van der Waals surface area (Å²) in [5, 5.41) is 9.00. The summed E-state index contributed by atoms with van der Waals surface area (Å²) in [7, 11) is 1.50. The van der Waals surface area contributed by atoms with Gasteiger partial charge in [-0.2, -0.15) is 0 Å². The minimum Gasteiger partial charge on any atom is -0.489 e. The number of aliphatic carboxylic acids is 1. The van der Waals surface area contributed by atoms with E-state index in [1.165, 1.54) is 11.9 Å². The first-order chi connectivity index (χ1) is 13.3. The van der Waals surface area contributed by atoms with Crippen LogP contribution >= 0.6 is 0 Å². The standard InChI is InChI=1S/C18H14F3NO4.CH5N/c19-14-5-10(6-15(20)17(14)21)9-26-13-3-1-12(2-4-13)22-8-11(18(24)25)7-16(22)23;1-2/h1-6,11H,7-9H2,(H,24,25);2H2,1H3. The summed E-state index contributed by atoms with van der Waals surface area (Å²) in [4.78, 5) is 24.3. The average Bonchev–Trinajstić information content (AvgIpc) is 3.08. The second kappa shape index (κ2) is 9.23. The largest absolute Gasteiger partial charge is 0.489 e. The summed E-state index contributed by atoms with van der Waals surface area (Å²) in [6.45, 7) is -0.0697. The lowest BCUT2D eigenvalue weighted by atomic mass is 10.1. The zero-order valence-corrected chi connectivity index (χ0v) is 15.0. The maximum absolute atomic E-state index is 13.2. The van der Waals surface area contributed by atoms with E-state index >= 15 is 0 Å². The van der Waals surface area contributed by atoms with E-state index in [1.54, 1.807) is 24.3 Å². The summed E-state index contributed by atoms with van der Waals surface area (Å²) in [6.07, 6.45) is -0.0463. The second-order valence-electron chi connectivity index (χ2n) is 5.90. The normalized spacial score (nSPS) is 15.8. The molecule has 1 saturated heterocycles. The molecule has 1 unspecified atom stereocenters. The van der Waals surface area contributed by atoms with Crippen LogP contribution in [0.3, 0.4) is 0 Å². The Morgan fingerprint density at radius 3 is 2.25 bits per heavy atom. The van der Waals surface area contributed by atoms with Crippen LogP contribution in [0.25, 0.3) is 0 Å². The highest BCUT2D eigenvalue weighted by molar-refractivity contribution is 5.99. The number of anilines is 1. The number of hydrogen-bond donors (Lipinski definition) is 2. The molecule has 2 aromatic rings. The van der Waals surface area contributed by atoms with E-state index in [9.17, 15) is 22.8 Å². The Kier molecular flexibility index (Phi) is 7.00. The highest BCUT2D eigenvalue weighted by Crippen LogP contribution is 2.27. The molecule has 1 heterocycles. The predicted molar refractivity (Wildman–Crippen MR) is 95.3 cm³/mol. The molecule has 1 fully saturated rings. The summed E-state index contributed by atoms with van der Waals surface area (Å²) < 4.78 is 44.6. The van der Waals surface area contributed by atoms with Gasteiger partial charge in [0.15, 0.2) is 17.5 Å². The summed E-state index contributed by atoms with van der Waals surface area (Å²) >= 11 is 0. The molecule has 2 aromatic carbocycles. The number of carbonyl (C=O) groups excluding carboxylic acids is 1. The van der Waals surface area contributed by atoms with Gasteiger partial charge in [-0.05, 0) is 49.0 Å². The number of amides is 1. The van der Waals surface area contributed by atoms with Crippen molar-refractivity contribution in [2.45, 2.75) is 13.0 Å². The lowest BCUT2D eigenvalue weighted by Gasteiger charge is -2.16. The summed E-state index contributed by atoms with van der Waals surface area (Å²) in [6, 6.07) is 7.97. The Hall–Kier alpha value is -3.07. The fourth-order valence-corrected chi connectivity index (χ4v) is 2.70. The highest BCUT2D eigenvalue weighted by atomic mass is 19.2. The van der Waals surface area contributed by atoms with Crippen molar-refractivity contribution in [1.29, 1.82) is 0 Å². The van der Waals surface area contributed by atoms with Crippen LogP contribution in [0.1, 0.15) is 12.0 Å². The number of halogens is 3. The third-order valence-electron chi connectivity index (χ3n) is 4.07. The molecule has 0 bridgehead atoms. The maximum atomic E-state index is 13.2. The van der Waals surface area contributed by atoms with Gasteiger partial charge < -0.3 is 20.5 Å². The lowest BCUT2D eigenvalue weighted by Crippen LogP contribution is -2.25. The summed E-state index contributed by atoms with van der Waals surface area (Å²) in [5.41, 5.74) is 5.16. The average molecular weight is 396 g/mol. The van der Waals surface area contributed by atoms with Gasteiger partial charge in [-0.1, -0.05) is 0 Å². The van der Waals surface area contributed by atoms with E-state index in [0.717, 1.165) is 12.1 Å². The molecule has 0 spiro atoms. The molecule has 0 aromatic heterocycles. The Morgan fingerprint density at radius 2 is 1.75 bits per heavy atom. The Bertz CT molecular complexity index is 836. The smallest absolute Gasteiger partial charge is 0.308 e. The first-order valence-electron chi connectivity index (χ1n) is 8.32. The molecular formula is C19H19F3N2O4. The number of rotatable bonds is 5. The zero-order valence-electron chi connectivity index (χ0n) is 15.0. The molecule has 28 heavy (non-hydrogen) atoms. The second-order valence-corrected chi connectivity index (χ2v) is 5.90. The molecule has 0 radical (unpaired) electrons. The van der Waals surface area contributed by atoms with Gasteiger partial charge in [-0.25, -0.2) is 13.2 Å². The molecule has 3 rings (SSSR count). The summed E-state index contributed by atoms with van der Waals surface area (Å²) in [5.74, 6) is -5.77. The first-order valence-corrected chi connectivity index (χ1v) is 8.32. The molecule has 1 amide bonds. The van der Waals surface area contributed by atoms with Gasteiger partial charge in [0.2, 0.25) is 5.91 Å². The monoisotopic (exact) mass is 396 g/mol. The van der Waals surface area contributed by atoms with Gasteiger partial charge in [-0.3, -0.25) is 9.59 Å². The van der Waals surface area contributed by atoms with Crippen LogP contribution < -0.4 is 15.4 Å². The van der Waals surface area contributed by atoms with Gasteiger partial charge in [0.1, 0.15) is 12.4 Å². The number of nitrogens with two attached hydrogens (primary N) is 1. The van der Waals surface area contributed by atoms with E-state index in [2.05, 4.69) is 5.73 Å². The number of carbonyl (C=O) groups is 2. The molecule has 1 aliphatic heterocycles. The Balaban J connectivity index is 0.00000136. The third kappa shape index (κ3) is 4.80. The van der Waals surface area contributed by atoms with Gasteiger partial charge in [0.05, 0.1) is 5.92 Å². The predicted octanol–water partition coefficient (Wildman–Crippen LogP) is 2.70. The quantitative estimate of drug-likeness (QED) is 0.758. The van der Waals surface area contributed by atoms with Crippen LogP contribution in [-0.4, -0.2) is 30.6 Å². The number of ether oxygens (including phenoxy) is 1. The molecule has 9 heteroatoms. The molecule has 1 aliphatic rings. The van der Waals surface area contributed by atoms with Crippen molar-refractivity contribution in [3.8, 4) is 5.75 Å². The van der Waals surface area contributed by atoms with Gasteiger partial charge in [0.25, 0.3) is 0 Å². The van der Waals surface area contributed by atoms with Gasteiger partial charge in [-0.15, -0.1) is 0 Å². The van der Waals surface area contributed by atoms with Gasteiger partial charge >= 0.3 is 5.97 Å². The fourth-order valence-electron chi connectivity index (χ4n) is 2.70. The van der Waals surface area contributed by atoms with Crippen LogP contribution in [0, 0.1) is 23.4 Å². The van der Waals surface area contributed by atoms with E-state index in [4.69, 9.17) is 9.84 Å². The van der Waals surface area contributed by atoms with E-state index in [1.807, 2.05) is 0 Å². The van der Waals surface area contributed by atoms with E-state index in [-0.39, 0.29) is 31.0 Å². The third-order valence-corrected chi connectivity index (χ3v) is 4.07. The number of carboxylic acid groups (broad SMARTS) is 1. The van der Waals surface area contributed by atoms with Crippen molar-refractivity contribution in [3.63, 3.8) is 0 Å². The molecule has 1 atom stereocenters. The topological polar surface area (TPSA) is 92.9 Å². The number of nitrogens with zero attached hydrogens (tertiary/aromatic N) is 1. The van der Waals surface area contributed by atoms with Crippen LogP contribution in [-0.2, 0) is 16.2 Å². The number of carboxylic acids is 1. The minimum absolute atomic E-state index is 0.0463. The molecular weight excluding hydrogens is 377 g/mol. The van der Waals surface area contributed by atoms with E-state index < -0.39 is 29.3 Å².